The first-order valence-corrected chi connectivity index (χ1v) is 5.77. The van der Waals surface area contributed by atoms with Gasteiger partial charge in [0.2, 0.25) is 0 Å². The van der Waals surface area contributed by atoms with Crippen molar-refractivity contribution in [1.82, 2.24) is 4.90 Å². The largest absolute Gasteiger partial charge is 0.390 e. The minimum Gasteiger partial charge on any atom is -0.390 e. The number of aryl methyl sites for hydroxylation is 1. The van der Waals surface area contributed by atoms with Gasteiger partial charge in [-0.1, -0.05) is 19.1 Å². The van der Waals surface area contributed by atoms with Crippen LogP contribution in [0.3, 0.4) is 0 Å². The van der Waals surface area contributed by atoms with Crippen LogP contribution in [0.2, 0.25) is 0 Å². The minimum atomic E-state index is -0.333. The molecule has 0 aromatic heterocycles. The van der Waals surface area contributed by atoms with E-state index >= 15 is 0 Å². The highest BCUT2D eigenvalue weighted by atomic mass is 16.3. The Labute approximate surface area is 98.1 Å². The van der Waals surface area contributed by atoms with Gasteiger partial charge in [0.05, 0.1) is 6.10 Å². The third-order valence-corrected chi connectivity index (χ3v) is 2.45. The number of rotatable bonds is 6. The van der Waals surface area contributed by atoms with Gasteiger partial charge in [0.25, 0.3) is 0 Å². The molecule has 0 bridgehead atoms. The van der Waals surface area contributed by atoms with Gasteiger partial charge in [-0.25, -0.2) is 0 Å². The number of nitrogens with one attached hydrogen (secondary N) is 1. The number of benzene rings is 1. The van der Waals surface area contributed by atoms with Crippen molar-refractivity contribution in [3.63, 3.8) is 0 Å². The predicted octanol–water partition coefficient (Wildman–Crippen LogP) is 1.58. The Hall–Kier alpha value is -1.06. The second-order valence-corrected chi connectivity index (χ2v) is 4.35. The summed E-state index contributed by atoms with van der Waals surface area (Å²) in [4.78, 5) is 1.98. The Morgan fingerprint density at radius 2 is 2.12 bits per heavy atom. The van der Waals surface area contributed by atoms with Crippen molar-refractivity contribution >= 4 is 5.69 Å². The van der Waals surface area contributed by atoms with E-state index in [0.29, 0.717) is 13.1 Å². The summed E-state index contributed by atoms with van der Waals surface area (Å²) in [5.74, 6) is 0. The average Bonchev–Trinajstić information content (AvgIpc) is 2.26. The van der Waals surface area contributed by atoms with Crippen molar-refractivity contribution in [2.24, 2.45) is 0 Å². The van der Waals surface area contributed by atoms with Crippen molar-refractivity contribution in [3.8, 4) is 0 Å². The number of aliphatic hydroxyl groups excluding tert-OH is 1. The fraction of sp³-hybridized carbons (Fsp3) is 0.538. The zero-order chi connectivity index (χ0) is 12.0. The summed E-state index contributed by atoms with van der Waals surface area (Å²) in [7, 11) is 3.92. The van der Waals surface area contributed by atoms with E-state index in [0.717, 1.165) is 12.1 Å². The smallest absolute Gasteiger partial charge is 0.0838 e. The van der Waals surface area contributed by atoms with Crippen LogP contribution in [-0.4, -0.2) is 43.3 Å². The molecule has 90 valence electrons. The highest BCUT2D eigenvalue weighted by Crippen LogP contribution is 2.10. The quantitative estimate of drug-likeness (QED) is 0.767. The van der Waals surface area contributed by atoms with Crippen molar-refractivity contribution < 1.29 is 5.11 Å². The molecule has 0 spiro atoms. The lowest BCUT2D eigenvalue weighted by atomic mass is 10.1. The van der Waals surface area contributed by atoms with E-state index in [1.165, 1.54) is 5.56 Å². The van der Waals surface area contributed by atoms with E-state index in [1.807, 2.05) is 31.1 Å². The molecule has 0 saturated heterocycles. The molecule has 1 aromatic rings. The lowest BCUT2D eigenvalue weighted by molar-refractivity contribution is 0.148. The van der Waals surface area contributed by atoms with Crippen LogP contribution in [0.15, 0.2) is 24.3 Å². The van der Waals surface area contributed by atoms with Crippen LogP contribution >= 0.6 is 0 Å². The molecule has 0 saturated carbocycles. The van der Waals surface area contributed by atoms with Gasteiger partial charge >= 0.3 is 0 Å². The second-order valence-electron chi connectivity index (χ2n) is 4.35. The molecular weight excluding hydrogens is 200 g/mol. The van der Waals surface area contributed by atoms with Gasteiger partial charge in [-0.05, 0) is 38.2 Å². The van der Waals surface area contributed by atoms with E-state index in [2.05, 4.69) is 24.4 Å². The lowest BCUT2D eigenvalue weighted by Crippen LogP contribution is -2.31. The predicted molar refractivity (Wildman–Crippen MR) is 68.9 cm³/mol. The van der Waals surface area contributed by atoms with Gasteiger partial charge < -0.3 is 15.3 Å². The maximum absolute atomic E-state index is 9.70. The maximum atomic E-state index is 9.70. The fourth-order valence-electron chi connectivity index (χ4n) is 1.62. The molecule has 0 amide bonds. The molecule has 2 N–H and O–H groups in total. The summed E-state index contributed by atoms with van der Waals surface area (Å²) in [6.45, 7) is 3.41. The summed E-state index contributed by atoms with van der Waals surface area (Å²) in [5, 5.41) is 13.0. The Morgan fingerprint density at radius 1 is 1.38 bits per heavy atom. The molecule has 3 nitrogen and oxygen atoms in total. The number of aliphatic hydroxyl groups is 1. The van der Waals surface area contributed by atoms with Gasteiger partial charge in [-0.15, -0.1) is 0 Å². The molecule has 0 radical (unpaired) electrons. The van der Waals surface area contributed by atoms with E-state index in [4.69, 9.17) is 0 Å². The summed E-state index contributed by atoms with van der Waals surface area (Å²) < 4.78 is 0. The average molecular weight is 222 g/mol. The van der Waals surface area contributed by atoms with Gasteiger partial charge in [0, 0.05) is 18.8 Å². The Balaban J connectivity index is 2.41. The van der Waals surface area contributed by atoms with Crippen LogP contribution in [0.25, 0.3) is 0 Å². The number of nitrogens with zero attached hydrogens (tertiary/aromatic N) is 1. The summed E-state index contributed by atoms with van der Waals surface area (Å²) in [5.41, 5.74) is 2.39. The molecule has 1 atom stereocenters. The van der Waals surface area contributed by atoms with Crippen LogP contribution in [0, 0.1) is 0 Å². The number of likely N-dealkylation sites (N-methyl/N-ethyl adjacent to an activating group) is 1. The molecule has 1 unspecified atom stereocenters. The molecule has 0 aliphatic rings. The third kappa shape index (κ3) is 4.64. The molecule has 1 rings (SSSR count). The summed E-state index contributed by atoms with van der Waals surface area (Å²) in [6, 6.07) is 8.31. The van der Waals surface area contributed by atoms with E-state index in [-0.39, 0.29) is 6.10 Å². The Morgan fingerprint density at radius 3 is 2.75 bits per heavy atom. The van der Waals surface area contributed by atoms with Crippen molar-refractivity contribution in [3.05, 3.63) is 29.8 Å². The molecule has 0 fully saturated rings. The van der Waals surface area contributed by atoms with Crippen LogP contribution < -0.4 is 5.32 Å². The fourth-order valence-corrected chi connectivity index (χ4v) is 1.62. The van der Waals surface area contributed by atoms with Crippen LogP contribution in [0.4, 0.5) is 5.69 Å². The number of anilines is 1. The third-order valence-electron chi connectivity index (χ3n) is 2.45. The van der Waals surface area contributed by atoms with Crippen LogP contribution in [0.5, 0.6) is 0 Å². The van der Waals surface area contributed by atoms with Gasteiger partial charge in [-0.2, -0.15) is 0 Å². The SMILES string of the molecule is CCc1cccc(NCC(O)CN(C)C)c1. The van der Waals surface area contributed by atoms with E-state index < -0.39 is 0 Å². The maximum Gasteiger partial charge on any atom is 0.0838 e. The topological polar surface area (TPSA) is 35.5 Å². The monoisotopic (exact) mass is 222 g/mol. The van der Waals surface area contributed by atoms with Gasteiger partial charge in [0.1, 0.15) is 0 Å². The van der Waals surface area contributed by atoms with E-state index in [9.17, 15) is 5.11 Å². The highest BCUT2D eigenvalue weighted by Gasteiger charge is 2.04. The van der Waals surface area contributed by atoms with Crippen molar-refractivity contribution in [2.45, 2.75) is 19.4 Å². The highest BCUT2D eigenvalue weighted by molar-refractivity contribution is 5.45. The van der Waals surface area contributed by atoms with Gasteiger partial charge in [0.15, 0.2) is 0 Å². The van der Waals surface area contributed by atoms with Crippen LogP contribution in [-0.2, 0) is 6.42 Å². The summed E-state index contributed by atoms with van der Waals surface area (Å²) >= 11 is 0. The van der Waals surface area contributed by atoms with Gasteiger partial charge in [-0.3, -0.25) is 0 Å². The standard InChI is InChI=1S/C13H22N2O/c1-4-11-6-5-7-12(8-11)14-9-13(16)10-15(2)3/h5-8,13-14,16H,4,9-10H2,1-3H3. The lowest BCUT2D eigenvalue weighted by Gasteiger charge is -2.17. The first-order valence-electron chi connectivity index (χ1n) is 5.77. The molecule has 1 aromatic carbocycles. The molecular formula is C13H22N2O. The zero-order valence-corrected chi connectivity index (χ0v) is 10.4. The first-order chi connectivity index (χ1) is 7.61. The second kappa shape index (κ2) is 6.51. The van der Waals surface area contributed by atoms with Crippen LogP contribution in [0.1, 0.15) is 12.5 Å². The molecule has 0 heterocycles. The normalized spacial score (nSPS) is 12.8. The number of hydrogen-bond acceptors (Lipinski definition) is 3. The Kier molecular flexibility index (Phi) is 5.29. The van der Waals surface area contributed by atoms with E-state index in [1.54, 1.807) is 0 Å². The molecule has 3 heteroatoms. The Bertz CT molecular complexity index is 313. The molecule has 0 aliphatic heterocycles. The zero-order valence-electron chi connectivity index (χ0n) is 10.4. The first kappa shape index (κ1) is 13.0. The molecule has 16 heavy (non-hydrogen) atoms. The summed E-state index contributed by atoms with van der Waals surface area (Å²) in [6.07, 6.45) is 0.704. The number of hydrogen-bond donors (Lipinski definition) is 2. The molecule has 0 aliphatic carbocycles. The van der Waals surface area contributed by atoms with Crippen molar-refractivity contribution in [2.75, 3.05) is 32.5 Å². The van der Waals surface area contributed by atoms with Crippen molar-refractivity contribution in [1.29, 1.82) is 0 Å². The minimum absolute atomic E-state index is 0.333.